The largest absolute Gasteiger partial charge is 0.460 e. The summed E-state index contributed by atoms with van der Waals surface area (Å²) < 4.78 is 249. The maximum Gasteiger partial charge on any atom is 0.460 e. The van der Waals surface area contributed by atoms with Crippen LogP contribution in [0.1, 0.15) is 19.3 Å². The highest BCUT2D eigenvalue weighted by Gasteiger charge is 2.95. The fourth-order valence-corrected chi connectivity index (χ4v) is 8.06. The minimum Gasteiger partial charge on any atom is -0.313 e. The van der Waals surface area contributed by atoms with Crippen molar-refractivity contribution < 1.29 is 79.2 Å². The maximum atomic E-state index is 15.1. The molecule has 0 aromatic heterocycles. The lowest BCUT2D eigenvalue weighted by Crippen LogP contribution is -2.74. The second-order valence-electron chi connectivity index (χ2n) is 9.67. The Kier molecular flexibility index (Phi) is 11.1. The fraction of sp³-hybridized carbons (Fsp3) is 0.520. The fourth-order valence-electron chi connectivity index (χ4n) is 4.22. The first-order chi connectivity index (χ1) is 20.1. The van der Waals surface area contributed by atoms with Crippen molar-refractivity contribution in [3.05, 3.63) is 60.7 Å². The van der Waals surface area contributed by atoms with Crippen LogP contribution in [0.2, 0.25) is 0 Å². The van der Waals surface area contributed by atoms with Crippen LogP contribution in [0, 0.1) is 0 Å². The van der Waals surface area contributed by atoms with E-state index in [1.807, 2.05) is 0 Å². The van der Waals surface area contributed by atoms with E-state index in [9.17, 15) is 70.4 Å². The second-order valence-corrected chi connectivity index (χ2v) is 13.8. The van der Waals surface area contributed by atoms with Crippen LogP contribution < -0.4 is 10.6 Å². The summed E-state index contributed by atoms with van der Waals surface area (Å²) >= 11 is 1.64. The molecule has 256 valence electrons. The first-order valence-electron chi connectivity index (χ1n) is 12.1. The van der Waals surface area contributed by atoms with Gasteiger partial charge in [0.15, 0.2) is 0 Å². The van der Waals surface area contributed by atoms with Crippen LogP contribution in [0.15, 0.2) is 60.7 Å². The molecule has 1 nitrogen and oxygen atoms in total. The third-order valence-electron chi connectivity index (χ3n) is 6.74. The lowest BCUT2D eigenvalue weighted by atomic mass is 9.87. The van der Waals surface area contributed by atoms with Gasteiger partial charge in [-0.3, -0.25) is 0 Å². The Bertz CT molecular complexity index is 1290. The van der Waals surface area contributed by atoms with E-state index < -0.39 is 73.3 Å². The lowest BCUT2D eigenvalue weighted by Gasteiger charge is -2.43. The van der Waals surface area contributed by atoms with Crippen LogP contribution in [0.25, 0.3) is 0 Å². The summed E-state index contributed by atoms with van der Waals surface area (Å²) in [6.45, 7) is 0. The SMILES string of the molecule is O=P(c1ccccc1)(c1ccccc1)C(CCCI)CC(F)(F)C(F)(F)C(F)(F)C(F)(F)C(F)(F)C(F)(F)C(F)(F)C(F)(F)F. The maximum absolute atomic E-state index is 15.1. The van der Waals surface area contributed by atoms with Gasteiger partial charge in [0, 0.05) is 22.7 Å². The van der Waals surface area contributed by atoms with Crippen LogP contribution in [0.4, 0.5) is 74.6 Å². The molecule has 0 heterocycles. The number of hydrogen-bond acceptors (Lipinski definition) is 1. The highest BCUT2D eigenvalue weighted by molar-refractivity contribution is 14.1. The Morgan fingerprint density at radius 3 is 1.20 bits per heavy atom. The van der Waals surface area contributed by atoms with Gasteiger partial charge < -0.3 is 4.57 Å². The molecule has 0 saturated carbocycles. The van der Waals surface area contributed by atoms with Crippen molar-refractivity contribution in [3.63, 3.8) is 0 Å². The highest BCUT2D eigenvalue weighted by Crippen LogP contribution is 2.65. The molecule has 1 unspecified atom stereocenters. The van der Waals surface area contributed by atoms with E-state index in [1.165, 1.54) is 36.4 Å². The Labute approximate surface area is 257 Å². The number of halogens is 18. The molecular weight excluding hydrogens is 797 g/mol. The molecular formula is C25H19F17IOP. The molecule has 0 aliphatic heterocycles. The first-order valence-corrected chi connectivity index (χ1v) is 15.4. The molecule has 0 aliphatic rings. The predicted molar refractivity (Wildman–Crippen MR) is 137 cm³/mol. The minimum atomic E-state index is -8.70. The normalized spacial score (nSPS) is 15.7. The number of rotatable bonds is 14. The van der Waals surface area contributed by atoms with Gasteiger partial charge >= 0.3 is 47.6 Å². The van der Waals surface area contributed by atoms with Crippen molar-refractivity contribution in [3.8, 4) is 0 Å². The summed E-state index contributed by atoms with van der Waals surface area (Å²) in [5, 5.41) is -0.655. The molecule has 0 aliphatic carbocycles. The van der Waals surface area contributed by atoms with Crippen LogP contribution >= 0.6 is 29.7 Å². The van der Waals surface area contributed by atoms with Crippen LogP contribution in [-0.2, 0) is 4.57 Å². The van der Waals surface area contributed by atoms with Gasteiger partial charge in [-0.25, -0.2) is 0 Å². The molecule has 20 heteroatoms. The van der Waals surface area contributed by atoms with Gasteiger partial charge in [-0.1, -0.05) is 83.3 Å². The van der Waals surface area contributed by atoms with Gasteiger partial charge in [0.25, 0.3) is 0 Å². The van der Waals surface area contributed by atoms with Crippen molar-refractivity contribution >= 4 is 40.3 Å². The predicted octanol–water partition coefficient (Wildman–Crippen LogP) is 9.98. The molecule has 0 spiro atoms. The van der Waals surface area contributed by atoms with E-state index in [0.29, 0.717) is 0 Å². The van der Waals surface area contributed by atoms with Crippen LogP contribution in [-0.4, -0.2) is 57.7 Å². The van der Waals surface area contributed by atoms with E-state index >= 15 is 8.78 Å². The van der Waals surface area contributed by atoms with Crippen molar-refractivity contribution in [2.45, 2.75) is 72.6 Å². The number of alkyl halides is 18. The standard InChI is InChI=1S/C25H19F17IOP/c26-18(27,14-17(12-7-13-43)45(44,15-8-3-1-4-9-15)16-10-5-2-6-11-16)19(28,29)20(30,31)21(32,33)22(34,35)23(36,37)24(38,39)25(40,41)42/h1-6,8-11,17H,7,12-14H2. The number of hydrogen-bond donors (Lipinski definition) is 0. The summed E-state index contributed by atoms with van der Waals surface area (Å²) in [6, 6.07) is 11.8. The third kappa shape index (κ3) is 6.28. The third-order valence-corrected chi connectivity index (χ3v) is 11.1. The van der Waals surface area contributed by atoms with Gasteiger partial charge in [0.1, 0.15) is 7.14 Å². The topological polar surface area (TPSA) is 17.1 Å². The monoisotopic (exact) mass is 816 g/mol. The van der Waals surface area contributed by atoms with E-state index in [-0.39, 0.29) is 21.5 Å². The first kappa shape index (κ1) is 39.4. The Hall–Kier alpha value is -1.79. The van der Waals surface area contributed by atoms with Crippen molar-refractivity contribution in [1.82, 2.24) is 0 Å². The summed E-state index contributed by atoms with van der Waals surface area (Å²) in [5.74, 6) is -57.0. The van der Waals surface area contributed by atoms with E-state index in [1.54, 1.807) is 22.6 Å². The molecule has 0 saturated heterocycles. The molecule has 0 N–H and O–H groups in total. The van der Waals surface area contributed by atoms with Gasteiger partial charge in [-0.2, -0.15) is 74.6 Å². The zero-order valence-electron chi connectivity index (χ0n) is 21.8. The Balaban J connectivity index is 2.73. The smallest absolute Gasteiger partial charge is 0.313 e. The highest BCUT2D eigenvalue weighted by atomic mass is 127. The zero-order valence-corrected chi connectivity index (χ0v) is 24.9. The van der Waals surface area contributed by atoms with Gasteiger partial charge in [-0.05, 0) is 17.3 Å². The lowest BCUT2D eigenvalue weighted by molar-refractivity contribution is -0.461. The van der Waals surface area contributed by atoms with Crippen molar-refractivity contribution in [2.75, 3.05) is 4.43 Å². The Morgan fingerprint density at radius 2 is 0.867 bits per heavy atom. The average Bonchev–Trinajstić information content (AvgIpc) is 2.94. The molecule has 2 aromatic rings. The molecule has 45 heavy (non-hydrogen) atoms. The van der Waals surface area contributed by atoms with Crippen molar-refractivity contribution in [1.29, 1.82) is 0 Å². The van der Waals surface area contributed by atoms with E-state index in [0.717, 1.165) is 24.3 Å². The van der Waals surface area contributed by atoms with E-state index in [4.69, 9.17) is 0 Å². The quantitative estimate of drug-likeness (QED) is 0.0804. The summed E-state index contributed by atoms with van der Waals surface area (Å²) in [4.78, 5) is 0. The molecule has 2 aromatic carbocycles. The van der Waals surface area contributed by atoms with Crippen LogP contribution in [0.3, 0.4) is 0 Å². The second kappa shape index (κ2) is 12.7. The summed E-state index contributed by atoms with van der Waals surface area (Å²) in [5.41, 5.74) is -2.35. The summed E-state index contributed by atoms with van der Waals surface area (Å²) in [6.07, 6.45) is -11.6. The van der Waals surface area contributed by atoms with Crippen LogP contribution in [0.5, 0.6) is 0 Å². The van der Waals surface area contributed by atoms with Crippen molar-refractivity contribution in [2.24, 2.45) is 0 Å². The molecule has 0 fully saturated rings. The molecule has 1 atom stereocenters. The van der Waals surface area contributed by atoms with E-state index in [2.05, 4.69) is 0 Å². The van der Waals surface area contributed by atoms with Gasteiger partial charge in [0.05, 0.1) is 0 Å². The Morgan fingerprint density at radius 1 is 0.533 bits per heavy atom. The van der Waals surface area contributed by atoms with Gasteiger partial charge in [0.2, 0.25) is 0 Å². The average molecular weight is 816 g/mol. The molecule has 0 amide bonds. The summed E-state index contributed by atoms with van der Waals surface area (Å²) in [7, 11) is -4.66. The molecule has 0 bridgehead atoms. The zero-order chi connectivity index (χ0) is 35.1. The molecule has 2 rings (SSSR count). The minimum absolute atomic E-state index is 0.0305. The molecule has 0 radical (unpaired) electrons. The van der Waals surface area contributed by atoms with Gasteiger partial charge in [-0.15, -0.1) is 0 Å². The number of benzene rings is 2.